The Morgan fingerprint density at radius 2 is 1.87 bits per heavy atom. The lowest BCUT2D eigenvalue weighted by molar-refractivity contribution is -0.118. The van der Waals surface area contributed by atoms with Crippen molar-refractivity contribution in [2.75, 3.05) is 11.9 Å². The number of nitrogens with one attached hydrogen (secondary N) is 1. The molecular weight excluding hydrogens is 424 g/mol. The number of aryl methyl sites for hydroxylation is 3. The van der Waals surface area contributed by atoms with Gasteiger partial charge in [-0.05, 0) is 57.7 Å². The zero-order valence-electron chi connectivity index (χ0n) is 17.6. The van der Waals surface area contributed by atoms with Gasteiger partial charge in [-0.2, -0.15) is 0 Å². The number of esters is 1. The molecule has 1 amide bonds. The molecule has 1 saturated carbocycles. The summed E-state index contributed by atoms with van der Waals surface area (Å²) < 4.78 is 30.8. The lowest BCUT2D eigenvalue weighted by Crippen LogP contribution is -2.47. The number of nitrogens with zero attached hydrogens (tertiary/aromatic N) is 1. The van der Waals surface area contributed by atoms with Gasteiger partial charge in [0, 0.05) is 0 Å². The van der Waals surface area contributed by atoms with Crippen LogP contribution < -0.4 is 5.32 Å². The highest BCUT2D eigenvalue weighted by Gasteiger charge is 2.53. The van der Waals surface area contributed by atoms with E-state index in [-0.39, 0.29) is 29.5 Å². The smallest absolute Gasteiger partial charge is 0.350 e. The molecule has 7 nitrogen and oxygen atoms in total. The highest BCUT2D eigenvalue weighted by Crippen LogP contribution is 2.42. The van der Waals surface area contributed by atoms with Crippen LogP contribution in [0.1, 0.15) is 59.1 Å². The second kappa shape index (κ2) is 8.47. The molecule has 0 spiro atoms. The largest absolute Gasteiger partial charge is 0.462 e. The summed E-state index contributed by atoms with van der Waals surface area (Å²) in [4.78, 5) is 30.1. The summed E-state index contributed by atoms with van der Waals surface area (Å²) in [7, 11) is -3.93. The monoisotopic (exact) mass is 450 g/mol. The van der Waals surface area contributed by atoms with E-state index >= 15 is 0 Å². The van der Waals surface area contributed by atoms with Crippen molar-refractivity contribution in [2.24, 2.45) is 0 Å². The molecule has 1 aromatic heterocycles. The summed E-state index contributed by atoms with van der Waals surface area (Å²) in [5.41, 5.74) is 1.88. The summed E-state index contributed by atoms with van der Waals surface area (Å²) in [5.74, 6) is -1.10. The number of ether oxygens (including phenoxy) is 1. The van der Waals surface area contributed by atoms with Gasteiger partial charge in [0.2, 0.25) is 5.91 Å². The molecule has 30 heavy (non-hydrogen) atoms. The number of aromatic nitrogens is 1. The number of rotatable bonds is 6. The first-order valence-corrected chi connectivity index (χ1v) is 12.2. The molecule has 1 aromatic carbocycles. The van der Waals surface area contributed by atoms with E-state index in [1.807, 2.05) is 13.0 Å². The van der Waals surface area contributed by atoms with E-state index in [0.29, 0.717) is 29.0 Å². The van der Waals surface area contributed by atoms with Crippen LogP contribution in [0, 0.1) is 20.8 Å². The van der Waals surface area contributed by atoms with E-state index in [0.717, 1.165) is 16.9 Å². The van der Waals surface area contributed by atoms with Crippen LogP contribution in [0.3, 0.4) is 0 Å². The Balaban J connectivity index is 1.97. The fourth-order valence-corrected chi connectivity index (χ4v) is 7.05. The van der Waals surface area contributed by atoms with Gasteiger partial charge < -0.3 is 10.1 Å². The van der Waals surface area contributed by atoms with Crippen LogP contribution in [0.5, 0.6) is 0 Å². The molecule has 162 valence electrons. The lowest BCUT2D eigenvalue weighted by atomic mass is 10.1. The number of hydrogen-bond acceptors (Lipinski definition) is 7. The number of amides is 1. The summed E-state index contributed by atoms with van der Waals surface area (Å²) in [5, 5.41) is 2.87. The molecule has 1 aliphatic carbocycles. The van der Waals surface area contributed by atoms with Gasteiger partial charge in [0.15, 0.2) is 19.7 Å². The maximum absolute atomic E-state index is 13.7. The first-order chi connectivity index (χ1) is 14.1. The Labute approximate surface area is 180 Å². The van der Waals surface area contributed by atoms with Crippen LogP contribution in [0.15, 0.2) is 23.1 Å². The first-order valence-electron chi connectivity index (χ1n) is 9.90. The highest BCUT2D eigenvalue weighted by molar-refractivity contribution is 7.93. The third kappa shape index (κ3) is 3.88. The highest BCUT2D eigenvalue weighted by atomic mass is 32.2. The van der Waals surface area contributed by atoms with Gasteiger partial charge in [0.05, 0.1) is 17.2 Å². The summed E-state index contributed by atoms with van der Waals surface area (Å²) >= 11 is 0.993. The van der Waals surface area contributed by atoms with Crippen LogP contribution in [-0.4, -0.2) is 36.6 Å². The van der Waals surface area contributed by atoms with E-state index in [1.54, 1.807) is 32.9 Å². The summed E-state index contributed by atoms with van der Waals surface area (Å²) in [6, 6.07) is 5.24. The predicted molar refractivity (Wildman–Crippen MR) is 116 cm³/mol. The van der Waals surface area contributed by atoms with Crippen LogP contribution in [-0.2, 0) is 19.4 Å². The number of carbonyl (C=O) groups is 2. The molecule has 1 N–H and O–H groups in total. The average Bonchev–Trinajstić information content (AvgIpc) is 3.32. The molecule has 0 saturated heterocycles. The van der Waals surface area contributed by atoms with Crippen LogP contribution in [0.4, 0.5) is 5.13 Å². The second-order valence-corrected chi connectivity index (χ2v) is 10.8. The minimum absolute atomic E-state index is 0.196. The zero-order chi connectivity index (χ0) is 22.1. The number of hydrogen-bond donors (Lipinski definition) is 1. The number of thiazole rings is 1. The van der Waals surface area contributed by atoms with E-state index in [1.165, 1.54) is 0 Å². The fraction of sp³-hybridized carbons (Fsp3) is 0.476. The Kier molecular flexibility index (Phi) is 6.33. The van der Waals surface area contributed by atoms with Crippen molar-refractivity contribution in [3.63, 3.8) is 0 Å². The SMILES string of the molecule is CCOC(=O)c1sc(NC(=O)C2(S(=O)(=O)c3cc(C)ccc3C)CCCC2)nc1C. The number of carbonyl (C=O) groups excluding carboxylic acids is 2. The first kappa shape index (κ1) is 22.4. The van der Waals surface area contributed by atoms with Crippen molar-refractivity contribution in [1.82, 2.24) is 4.98 Å². The van der Waals surface area contributed by atoms with Crippen molar-refractivity contribution < 1.29 is 22.7 Å². The molecular formula is C21H26N2O5S2. The van der Waals surface area contributed by atoms with Crippen molar-refractivity contribution >= 4 is 38.2 Å². The third-order valence-electron chi connectivity index (χ3n) is 5.45. The molecule has 1 fully saturated rings. The Bertz CT molecular complexity index is 1080. The molecule has 3 rings (SSSR count). The van der Waals surface area contributed by atoms with Crippen molar-refractivity contribution in [3.05, 3.63) is 39.9 Å². The molecule has 2 aromatic rings. The maximum atomic E-state index is 13.7. The Morgan fingerprint density at radius 3 is 2.50 bits per heavy atom. The molecule has 0 unspecified atom stereocenters. The molecule has 0 atom stereocenters. The van der Waals surface area contributed by atoms with Crippen molar-refractivity contribution in [3.8, 4) is 0 Å². The van der Waals surface area contributed by atoms with Gasteiger partial charge in [-0.3, -0.25) is 4.79 Å². The van der Waals surface area contributed by atoms with Crippen LogP contribution in [0.2, 0.25) is 0 Å². The predicted octanol–water partition coefficient (Wildman–Crippen LogP) is 3.97. The molecule has 0 bridgehead atoms. The minimum Gasteiger partial charge on any atom is -0.462 e. The van der Waals surface area contributed by atoms with Crippen LogP contribution >= 0.6 is 11.3 Å². The van der Waals surface area contributed by atoms with Gasteiger partial charge in [-0.15, -0.1) is 0 Å². The molecule has 1 aliphatic rings. The lowest BCUT2D eigenvalue weighted by Gasteiger charge is -2.28. The van der Waals surface area contributed by atoms with Gasteiger partial charge in [0.25, 0.3) is 0 Å². The molecule has 9 heteroatoms. The fourth-order valence-electron chi connectivity index (χ4n) is 3.82. The van der Waals surface area contributed by atoms with Crippen LogP contribution in [0.25, 0.3) is 0 Å². The normalized spacial score (nSPS) is 15.7. The Hall–Kier alpha value is -2.26. The third-order valence-corrected chi connectivity index (χ3v) is 9.14. The van der Waals surface area contributed by atoms with E-state index < -0.39 is 26.5 Å². The van der Waals surface area contributed by atoms with Crippen molar-refractivity contribution in [1.29, 1.82) is 0 Å². The summed E-state index contributed by atoms with van der Waals surface area (Å²) in [6.07, 6.45) is 1.82. The molecule has 0 aliphatic heterocycles. The Morgan fingerprint density at radius 1 is 1.20 bits per heavy atom. The maximum Gasteiger partial charge on any atom is 0.350 e. The van der Waals surface area contributed by atoms with Gasteiger partial charge >= 0.3 is 5.97 Å². The van der Waals surface area contributed by atoms with Gasteiger partial charge in [-0.1, -0.05) is 36.3 Å². The number of sulfone groups is 1. The second-order valence-electron chi connectivity index (χ2n) is 7.58. The van der Waals surface area contributed by atoms with E-state index in [2.05, 4.69) is 10.3 Å². The average molecular weight is 451 g/mol. The quantitative estimate of drug-likeness (QED) is 0.668. The van der Waals surface area contributed by atoms with E-state index in [9.17, 15) is 18.0 Å². The standard InChI is InChI=1S/C21H26N2O5S2/c1-5-28-18(24)17-15(4)22-20(29-17)23-19(25)21(10-6-7-11-21)30(26,27)16-12-13(2)8-9-14(16)3/h8-9,12H,5-7,10-11H2,1-4H3,(H,22,23,25). The molecule has 0 radical (unpaired) electrons. The number of benzene rings is 1. The molecule has 1 heterocycles. The van der Waals surface area contributed by atoms with E-state index in [4.69, 9.17) is 4.74 Å². The topological polar surface area (TPSA) is 102 Å². The van der Waals surface area contributed by atoms with Gasteiger partial charge in [0.1, 0.15) is 4.88 Å². The summed E-state index contributed by atoms with van der Waals surface area (Å²) in [6.45, 7) is 7.16. The zero-order valence-corrected chi connectivity index (χ0v) is 19.2. The van der Waals surface area contributed by atoms with Gasteiger partial charge in [-0.25, -0.2) is 18.2 Å². The number of anilines is 1. The minimum atomic E-state index is -3.93. The van der Waals surface area contributed by atoms with Crippen molar-refractivity contribution in [2.45, 2.75) is 63.0 Å².